The fraction of sp³-hybridized carbons (Fsp3) is 0.667. The molecule has 0 aromatic carbocycles. The number of nitrogens with one attached hydrogen (secondary N) is 2. The fourth-order valence-electron chi connectivity index (χ4n) is 4.06. The molecule has 0 bridgehead atoms. The average molecular weight is 420 g/mol. The number of ether oxygens (including phenoxy) is 1. The van der Waals surface area contributed by atoms with Gasteiger partial charge in [0.1, 0.15) is 16.4 Å². The van der Waals surface area contributed by atoms with Gasteiger partial charge in [-0.25, -0.2) is 9.78 Å². The monoisotopic (exact) mass is 419 g/mol. The Bertz CT molecular complexity index is 902. The molecule has 0 aliphatic heterocycles. The van der Waals surface area contributed by atoms with Crippen molar-refractivity contribution in [3.05, 3.63) is 23.0 Å². The van der Waals surface area contributed by atoms with Gasteiger partial charge >= 0.3 is 6.09 Å². The Hall–Kier alpha value is -2.02. The van der Waals surface area contributed by atoms with Gasteiger partial charge in [-0.3, -0.25) is 0 Å². The summed E-state index contributed by atoms with van der Waals surface area (Å²) in [6.07, 6.45) is 6.54. The van der Waals surface area contributed by atoms with Gasteiger partial charge in [-0.15, -0.1) is 0 Å². The van der Waals surface area contributed by atoms with E-state index >= 15 is 0 Å². The van der Waals surface area contributed by atoms with Crippen LogP contribution >= 0.6 is 11.6 Å². The van der Waals surface area contributed by atoms with E-state index in [-0.39, 0.29) is 18.2 Å². The van der Waals surface area contributed by atoms with Gasteiger partial charge in [0.15, 0.2) is 5.65 Å². The summed E-state index contributed by atoms with van der Waals surface area (Å²) < 4.78 is 7.15. The zero-order valence-corrected chi connectivity index (χ0v) is 18.3. The maximum atomic E-state index is 12.1. The van der Waals surface area contributed by atoms with Crippen molar-refractivity contribution < 1.29 is 9.53 Å². The predicted octanol–water partition coefficient (Wildman–Crippen LogP) is 4.75. The lowest BCUT2D eigenvalue weighted by Gasteiger charge is -2.22. The standard InChI is InChI=1S/C21H30ClN5O2/c1-12(13-5-6-13)17-10-18(27-19(26-17)16(22)11-23-27)24-14-7-8-15(9-14)25-20(28)29-21(2,3)4/h10-15,24H,5-9H2,1-4H3,(H,25,28)/t12-,14+,15+/m1/s1. The second-order valence-electron chi connectivity index (χ2n) is 9.42. The van der Waals surface area contributed by atoms with Crippen LogP contribution in [0.15, 0.2) is 12.3 Å². The number of aromatic nitrogens is 3. The number of carbonyl (C=O) groups is 1. The van der Waals surface area contributed by atoms with Gasteiger partial charge < -0.3 is 15.4 Å². The van der Waals surface area contributed by atoms with E-state index in [1.165, 1.54) is 12.8 Å². The third kappa shape index (κ3) is 4.77. The number of alkyl carbamates (subject to hydrolysis) is 1. The van der Waals surface area contributed by atoms with Crippen LogP contribution < -0.4 is 10.6 Å². The molecule has 2 N–H and O–H groups in total. The first-order valence-corrected chi connectivity index (χ1v) is 10.9. The highest BCUT2D eigenvalue weighted by Gasteiger charge is 2.32. The predicted molar refractivity (Wildman–Crippen MR) is 114 cm³/mol. The molecular formula is C21H30ClN5O2. The first-order chi connectivity index (χ1) is 13.7. The molecule has 2 saturated carbocycles. The molecule has 2 aromatic rings. The summed E-state index contributed by atoms with van der Waals surface area (Å²) in [6.45, 7) is 7.85. The molecule has 2 aromatic heterocycles. The third-order valence-electron chi connectivity index (χ3n) is 5.75. The minimum Gasteiger partial charge on any atom is -0.444 e. The Morgan fingerprint density at radius 3 is 2.69 bits per heavy atom. The molecule has 2 aliphatic carbocycles. The number of hydrogen-bond donors (Lipinski definition) is 2. The minimum atomic E-state index is -0.489. The Morgan fingerprint density at radius 2 is 2.00 bits per heavy atom. The van der Waals surface area contributed by atoms with E-state index in [0.29, 0.717) is 22.5 Å². The maximum absolute atomic E-state index is 12.1. The molecule has 0 saturated heterocycles. The first-order valence-electron chi connectivity index (χ1n) is 10.5. The summed E-state index contributed by atoms with van der Waals surface area (Å²) in [5.74, 6) is 2.04. The van der Waals surface area contributed by atoms with E-state index in [9.17, 15) is 4.79 Å². The van der Waals surface area contributed by atoms with Crippen molar-refractivity contribution in [2.24, 2.45) is 5.92 Å². The molecule has 1 amide bonds. The van der Waals surface area contributed by atoms with Crippen LogP contribution in [0, 0.1) is 5.92 Å². The van der Waals surface area contributed by atoms with Gasteiger partial charge in [0.25, 0.3) is 0 Å². The molecule has 0 spiro atoms. The zero-order chi connectivity index (χ0) is 20.8. The van der Waals surface area contributed by atoms with Crippen molar-refractivity contribution >= 4 is 29.2 Å². The molecule has 7 nitrogen and oxygen atoms in total. The van der Waals surface area contributed by atoms with E-state index in [1.807, 2.05) is 20.8 Å². The lowest BCUT2D eigenvalue weighted by Crippen LogP contribution is -2.38. The molecular weight excluding hydrogens is 390 g/mol. The van der Waals surface area contributed by atoms with Crippen LogP contribution in [-0.2, 0) is 4.74 Å². The van der Waals surface area contributed by atoms with Crippen LogP contribution in [0.2, 0.25) is 5.02 Å². The highest BCUT2D eigenvalue weighted by molar-refractivity contribution is 6.33. The number of anilines is 1. The number of halogens is 1. The lowest BCUT2D eigenvalue weighted by molar-refractivity contribution is 0.0505. The van der Waals surface area contributed by atoms with E-state index < -0.39 is 5.60 Å². The molecule has 0 radical (unpaired) electrons. The van der Waals surface area contributed by atoms with Gasteiger partial charge in [-0.1, -0.05) is 18.5 Å². The molecule has 8 heteroatoms. The highest BCUT2D eigenvalue weighted by Crippen LogP contribution is 2.42. The summed E-state index contributed by atoms with van der Waals surface area (Å²) >= 11 is 6.33. The number of rotatable bonds is 5. The van der Waals surface area contributed by atoms with E-state index in [1.54, 1.807) is 10.7 Å². The molecule has 3 atom stereocenters. The first kappa shape index (κ1) is 20.3. The second kappa shape index (κ2) is 7.67. The van der Waals surface area contributed by atoms with E-state index in [0.717, 1.165) is 30.8 Å². The molecule has 2 heterocycles. The summed E-state index contributed by atoms with van der Waals surface area (Å²) in [4.78, 5) is 16.8. The highest BCUT2D eigenvalue weighted by atomic mass is 35.5. The normalized spacial score (nSPS) is 23.2. The number of nitrogens with zero attached hydrogens (tertiary/aromatic N) is 3. The van der Waals surface area contributed by atoms with Crippen molar-refractivity contribution in [2.75, 3.05) is 5.32 Å². The van der Waals surface area contributed by atoms with Gasteiger partial charge in [0, 0.05) is 29.8 Å². The van der Waals surface area contributed by atoms with Gasteiger partial charge in [-0.2, -0.15) is 9.61 Å². The third-order valence-corrected chi connectivity index (χ3v) is 6.02. The minimum absolute atomic E-state index is 0.103. The molecule has 4 rings (SSSR count). The SMILES string of the molecule is C[C@@H](c1cc(N[C@H]2CC[C@H](NC(=O)OC(C)(C)C)C2)n2ncc(Cl)c2n1)C1CC1. The topological polar surface area (TPSA) is 80.5 Å². The molecule has 2 aliphatic rings. The summed E-state index contributed by atoms with van der Waals surface area (Å²) in [5, 5.41) is 11.6. The summed E-state index contributed by atoms with van der Waals surface area (Å²) in [7, 11) is 0. The van der Waals surface area contributed by atoms with Crippen LogP contribution in [0.3, 0.4) is 0 Å². The van der Waals surface area contributed by atoms with Crippen LogP contribution in [0.25, 0.3) is 5.65 Å². The Morgan fingerprint density at radius 1 is 1.28 bits per heavy atom. The average Bonchev–Trinajstić information content (AvgIpc) is 3.29. The Labute approximate surface area is 176 Å². The van der Waals surface area contributed by atoms with Crippen LogP contribution in [0.4, 0.5) is 10.6 Å². The van der Waals surface area contributed by atoms with Gasteiger partial charge in [0.2, 0.25) is 0 Å². The number of hydrogen-bond acceptors (Lipinski definition) is 5. The summed E-state index contributed by atoms with van der Waals surface area (Å²) in [5.41, 5.74) is 1.27. The van der Waals surface area contributed by atoms with E-state index in [4.69, 9.17) is 21.3 Å². The maximum Gasteiger partial charge on any atom is 0.407 e. The zero-order valence-electron chi connectivity index (χ0n) is 17.5. The van der Waals surface area contributed by atoms with Crippen molar-refractivity contribution in [3.63, 3.8) is 0 Å². The molecule has 158 valence electrons. The second-order valence-corrected chi connectivity index (χ2v) is 9.82. The Balaban J connectivity index is 1.46. The van der Waals surface area contributed by atoms with Crippen molar-refractivity contribution in [3.8, 4) is 0 Å². The van der Waals surface area contributed by atoms with E-state index in [2.05, 4.69) is 28.7 Å². The van der Waals surface area contributed by atoms with Crippen LogP contribution in [0.1, 0.15) is 71.4 Å². The number of fused-ring (bicyclic) bond motifs is 1. The number of carbonyl (C=O) groups excluding carboxylic acids is 1. The molecule has 0 unspecified atom stereocenters. The van der Waals surface area contributed by atoms with Crippen molar-refractivity contribution in [1.82, 2.24) is 19.9 Å². The van der Waals surface area contributed by atoms with Crippen LogP contribution in [0.5, 0.6) is 0 Å². The largest absolute Gasteiger partial charge is 0.444 e. The summed E-state index contributed by atoms with van der Waals surface area (Å²) in [6, 6.07) is 2.45. The molecule has 2 fully saturated rings. The molecule has 29 heavy (non-hydrogen) atoms. The van der Waals surface area contributed by atoms with Gasteiger partial charge in [-0.05, 0) is 58.8 Å². The Kier molecular flexibility index (Phi) is 5.36. The quantitative estimate of drug-likeness (QED) is 0.730. The van der Waals surface area contributed by atoms with Crippen molar-refractivity contribution in [2.45, 2.75) is 83.4 Å². The smallest absolute Gasteiger partial charge is 0.407 e. The number of amides is 1. The lowest BCUT2D eigenvalue weighted by atomic mass is 10.0. The fourth-order valence-corrected chi connectivity index (χ4v) is 4.22. The van der Waals surface area contributed by atoms with Gasteiger partial charge in [0.05, 0.1) is 6.20 Å². The van der Waals surface area contributed by atoms with Crippen molar-refractivity contribution in [1.29, 1.82) is 0 Å². The van der Waals surface area contributed by atoms with Crippen LogP contribution in [-0.4, -0.2) is 38.4 Å².